The molecule has 0 aliphatic rings. The molecule has 4 aromatic rings. The minimum absolute atomic E-state index is 0.0123. The third-order valence-corrected chi connectivity index (χ3v) is 17.4. The molecule has 4 aromatic carbocycles. The summed E-state index contributed by atoms with van der Waals surface area (Å²) in [5, 5.41) is 11.1. The summed E-state index contributed by atoms with van der Waals surface area (Å²) in [5.74, 6) is -7.71. The van der Waals surface area contributed by atoms with E-state index in [-0.39, 0.29) is 181 Å². The average Bonchev–Trinajstić information content (AvgIpc) is 0.860. The normalized spacial score (nSPS) is 11.9. The van der Waals surface area contributed by atoms with Crippen molar-refractivity contribution >= 4 is 83.1 Å². The number of carbonyl (C=O) groups is 14. The number of nitrogens with one attached hydrogen (secondary N) is 4. The van der Waals surface area contributed by atoms with Gasteiger partial charge in [-0.3, -0.25) is 67.1 Å². The number of carbonyl (C=O) groups excluding carboxylic acids is 14. The molecule has 0 bridgehead atoms. The highest BCUT2D eigenvalue weighted by Crippen LogP contribution is 2.23. The molecule has 8 amide bonds. The molecule has 0 heterocycles. The zero-order chi connectivity index (χ0) is 76.7. The summed E-state index contributed by atoms with van der Waals surface area (Å²) in [6.07, 6.45) is -0.396. The monoisotopic (exact) mass is 1460 g/mol. The second-order valence-electron chi connectivity index (χ2n) is 24.8. The quantitative estimate of drug-likeness (QED) is 0.0226. The number of benzene rings is 4. The summed E-state index contributed by atoms with van der Waals surface area (Å²) in [7, 11) is 7.36. The van der Waals surface area contributed by atoms with E-state index in [1.54, 1.807) is 115 Å². The highest BCUT2D eigenvalue weighted by Gasteiger charge is 2.35. The Hall–Kier alpha value is -10.5. The van der Waals surface area contributed by atoms with Crippen molar-refractivity contribution in [1.29, 1.82) is 0 Å². The van der Waals surface area contributed by atoms with E-state index in [0.29, 0.717) is 28.7 Å². The molecule has 0 aromatic heterocycles. The first-order chi connectivity index (χ1) is 50.7. The Labute approximate surface area is 614 Å². The Morgan fingerprint density at radius 1 is 0.276 bits per heavy atom. The molecule has 0 aliphatic heterocycles. The van der Waals surface area contributed by atoms with Crippen molar-refractivity contribution in [3.05, 3.63) is 144 Å². The Morgan fingerprint density at radius 2 is 0.543 bits per heavy atom. The van der Waals surface area contributed by atoms with E-state index < -0.39 is 107 Å². The number of nitrogens with zero attached hydrogens (tertiary/aromatic N) is 4. The maximum absolute atomic E-state index is 15.3. The smallest absolute Gasteiger partial charge is 0.307 e. The molecule has 0 radical (unpaired) electrons. The van der Waals surface area contributed by atoms with Gasteiger partial charge in [-0.2, -0.15) is 0 Å². The van der Waals surface area contributed by atoms with E-state index in [4.69, 9.17) is 28.4 Å². The van der Waals surface area contributed by atoms with Gasteiger partial charge in [0.2, 0.25) is 47.3 Å². The van der Waals surface area contributed by atoms with Crippen LogP contribution in [0.25, 0.3) is 0 Å². The van der Waals surface area contributed by atoms with Gasteiger partial charge in [-0.25, -0.2) is 0 Å². The van der Waals surface area contributed by atoms with Gasteiger partial charge in [0.1, 0.15) is 24.2 Å². The van der Waals surface area contributed by atoms with Gasteiger partial charge in [0, 0.05) is 104 Å². The van der Waals surface area contributed by atoms with Gasteiger partial charge >= 0.3 is 35.8 Å². The topological polar surface area (TPSA) is 355 Å². The molecule has 28 heteroatoms. The van der Waals surface area contributed by atoms with Gasteiger partial charge in [0.05, 0.1) is 61.9 Å². The Balaban J connectivity index is 1.75. The van der Waals surface area contributed by atoms with Gasteiger partial charge < -0.3 is 69.3 Å². The largest absolute Gasteiger partial charge is 0.469 e. The highest BCUT2D eigenvalue weighted by molar-refractivity contribution is 5.92. The number of amides is 8. The summed E-state index contributed by atoms with van der Waals surface area (Å²) in [6.45, 7) is -0.747. The lowest BCUT2D eigenvalue weighted by molar-refractivity contribution is -0.144. The molecule has 105 heavy (non-hydrogen) atoms. The van der Waals surface area contributed by atoms with Crippen LogP contribution in [0.5, 0.6) is 0 Å². The van der Waals surface area contributed by atoms with Crippen LogP contribution < -0.4 is 21.3 Å². The molecule has 0 saturated heterocycles. The summed E-state index contributed by atoms with van der Waals surface area (Å²) in [5.41, 5.74) is 2.70. The van der Waals surface area contributed by atoms with Crippen molar-refractivity contribution in [1.82, 2.24) is 40.9 Å². The van der Waals surface area contributed by atoms with Crippen LogP contribution >= 0.6 is 0 Å². The molecule has 0 aliphatic carbocycles. The van der Waals surface area contributed by atoms with Gasteiger partial charge in [-0.05, 0) is 80.0 Å². The van der Waals surface area contributed by atoms with Crippen molar-refractivity contribution in [2.75, 3.05) is 75.4 Å². The summed E-state index contributed by atoms with van der Waals surface area (Å²) in [4.78, 5) is 196. The number of ether oxygens (including phenoxy) is 6. The van der Waals surface area contributed by atoms with E-state index >= 15 is 9.59 Å². The summed E-state index contributed by atoms with van der Waals surface area (Å²) < 4.78 is 28.8. The van der Waals surface area contributed by atoms with Crippen molar-refractivity contribution in [2.45, 2.75) is 179 Å². The first kappa shape index (κ1) is 86.9. The van der Waals surface area contributed by atoms with Crippen LogP contribution in [0.15, 0.2) is 121 Å². The third kappa shape index (κ3) is 33.2. The predicted molar refractivity (Wildman–Crippen MR) is 384 cm³/mol. The van der Waals surface area contributed by atoms with Crippen LogP contribution in [0, 0.1) is 0 Å². The predicted octanol–water partition coefficient (Wildman–Crippen LogP) is 5.92. The Morgan fingerprint density at radius 3 is 0.867 bits per heavy atom. The highest BCUT2D eigenvalue weighted by atomic mass is 16.5. The van der Waals surface area contributed by atoms with Crippen molar-refractivity contribution in [3.8, 4) is 0 Å². The minimum atomic E-state index is -1.26. The lowest BCUT2D eigenvalue weighted by Gasteiger charge is -2.33. The second kappa shape index (κ2) is 50.0. The molecule has 0 fully saturated rings. The molecule has 4 atom stereocenters. The molecular formula is C77H104N8O20. The number of rotatable bonds is 50. The fraction of sp³-hybridized carbons (Fsp3) is 0.506. The average molecular weight is 1460 g/mol. The third-order valence-electron chi connectivity index (χ3n) is 17.4. The van der Waals surface area contributed by atoms with Crippen molar-refractivity contribution in [2.24, 2.45) is 0 Å². The van der Waals surface area contributed by atoms with Crippen LogP contribution in [0.2, 0.25) is 0 Å². The molecule has 28 nitrogen and oxygen atoms in total. The van der Waals surface area contributed by atoms with Crippen molar-refractivity contribution in [3.63, 3.8) is 0 Å². The molecule has 0 spiro atoms. The zero-order valence-corrected chi connectivity index (χ0v) is 61.3. The summed E-state index contributed by atoms with van der Waals surface area (Å²) >= 11 is 0. The van der Waals surface area contributed by atoms with E-state index in [9.17, 15) is 57.5 Å². The van der Waals surface area contributed by atoms with Crippen LogP contribution in [0.3, 0.4) is 0 Å². The first-order valence-electron chi connectivity index (χ1n) is 35.5. The number of methoxy groups -OCH3 is 6. The lowest BCUT2D eigenvalue weighted by Crippen LogP contribution is -2.52. The Kier molecular flexibility index (Phi) is 41.3. The first-order valence-corrected chi connectivity index (χ1v) is 35.5. The van der Waals surface area contributed by atoms with Crippen LogP contribution in [0.1, 0.15) is 151 Å². The second-order valence-corrected chi connectivity index (χ2v) is 24.8. The molecule has 4 rings (SSSR count). The van der Waals surface area contributed by atoms with Gasteiger partial charge in [0.15, 0.2) is 0 Å². The minimum Gasteiger partial charge on any atom is -0.469 e. The molecule has 4 N–H and O–H groups in total. The standard InChI is InChI=1S/C77H104N8O20/c1-100-68(90)40-22-34-60(74(96)79-48-44-71(93)103-4)83(53-57-28-14-8-15-29-57)65(87)37-20-11-21-51-82(64(86)38-25-39-66(88)84(54-58-30-16-9-17-31-58)61(35-23-41-69(91)101-2)75(97)80-49-45-72(94)104-5)63(52-56-26-12-7-13-27-56)77(99)78-47-43-67(89)85(55-59-32-18-10-19-33-59)62(36-24-42-70(92)102-3)76(98)81-50-46-73(95)105-6/h7-10,12-19,26-33,60-63H,11,20-25,34-55H2,1-6H3,(H,78,99)(H,79,96)(H,80,97)(H,81,98). The number of esters is 6. The lowest BCUT2D eigenvalue weighted by atomic mass is 10.0. The van der Waals surface area contributed by atoms with Crippen molar-refractivity contribution < 1.29 is 95.5 Å². The maximum atomic E-state index is 15.3. The zero-order valence-electron chi connectivity index (χ0n) is 61.3. The van der Waals surface area contributed by atoms with Crippen LogP contribution in [-0.2, 0) is 122 Å². The van der Waals surface area contributed by atoms with Gasteiger partial charge in [-0.1, -0.05) is 128 Å². The maximum Gasteiger partial charge on any atom is 0.307 e. The molecule has 0 saturated carbocycles. The van der Waals surface area contributed by atoms with E-state index in [0.717, 1.165) is 0 Å². The molecular weight excluding hydrogens is 1360 g/mol. The van der Waals surface area contributed by atoms with E-state index in [1.807, 2.05) is 6.07 Å². The van der Waals surface area contributed by atoms with Gasteiger partial charge in [0.25, 0.3) is 0 Å². The fourth-order valence-corrected chi connectivity index (χ4v) is 11.6. The van der Waals surface area contributed by atoms with Crippen LogP contribution in [0.4, 0.5) is 0 Å². The summed E-state index contributed by atoms with van der Waals surface area (Å²) in [6, 6.07) is 31.0. The number of hydrogen-bond donors (Lipinski definition) is 4. The molecule has 572 valence electrons. The fourth-order valence-electron chi connectivity index (χ4n) is 11.6. The van der Waals surface area contributed by atoms with Crippen LogP contribution in [-0.4, -0.2) is 202 Å². The van der Waals surface area contributed by atoms with E-state index in [1.165, 1.54) is 62.3 Å². The number of hydrogen-bond acceptors (Lipinski definition) is 20. The Bertz CT molecular complexity index is 3400. The van der Waals surface area contributed by atoms with Gasteiger partial charge in [-0.15, -0.1) is 0 Å². The van der Waals surface area contributed by atoms with E-state index in [2.05, 4.69) is 21.3 Å². The SMILES string of the molecule is COC(=O)CCCC(C(=O)NCCC(=O)OC)N(Cc1ccccc1)C(=O)CCCCCN(C(=O)CCCC(=O)N(Cc1ccccc1)C(CCCC(=O)OC)C(=O)NCCC(=O)OC)C(Cc1ccccc1)C(=O)NCCC(=O)N(Cc1ccccc1)C(CCCC(=O)OC)C(=O)NCCC(=O)OC. The molecule has 4 unspecified atom stereocenters. The number of unbranched alkanes of at least 4 members (excludes halogenated alkanes) is 2.